The summed E-state index contributed by atoms with van der Waals surface area (Å²) in [4.78, 5) is 11.2. The summed E-state index contributed by atoms with van der Waals surface area (Å²) < 4.78 is 25.2. The van der Waals surface area contributed by atoms with Gasteiger partial charge in [0.05, 0.1) is 0 Å². The van der Waals surface area contributed by atoms with E-state index in [1.165, 1.54) is 7.05 Å². The van der Waals surface area contributed by atoms with Crippen molar-refractivity contribution in [1.82, 2.24) is 4.72 Å². The number of rotatable bonds is 5. The van der Waals surface area contributed by atoms with Gasteiger partial charge >= 0.3 is 0 Å². The Labute approximate surface area is 105 Å². The number of halogens is 1. The van der Waals surface area contributed by atoms with Gasteiger partial charge in [0.25, 0.3) is 0 Å². The van der Waals surface area contributed by atoms with Crippen LogP contribution in [0.1, 0.15) is 5.56 Å². The third-order valence-electron chi connectivity index (χ3n) is 2.31. The number of sulfonamides is 1. The number of carbonyl (C=O) groups is 1. The van der Waals surface area contributed by atoms with Gasteiger partial charge in [-0.3, -0.25) is 4.79 Å². The van der Waals surface area contributed by atoms with Crippen molar-refractivity contribution in [2.75, 3.05) is 7.05 Å². The van der Waals surface area contributed by atoms with Crippen LogP contribution in [0, 0.1) is 0 Å². The molecule has 0 saturated heterocycles. The summed E-state index contributed by atoms with van der Waals surface area (Å²) in [5, 5.41) is -0.741. The van der Waals surface area contributed by atoms with Gasteiger partial charge in [-0.2, -0.15) is 0 Å². The molecule has 17 heavy (non-hydrogen) atoms. The predicted molar refractivity (Wildman–Crippen MR) is 66.1 cm³/mol. The topological polar surface area (TPSA) is 89.3 Å². The molecule has 0 heterocycles. The number of hydrogen-bond acceptors (Lipinski definition) is 3. The Morgan fingerprint density at radius 2 is 1.94 bits per heavy atom. The SMILES string of the molecule is CNS(=O)(=O)C(Cc1ccc(Cl)cc1)C(N)=O. The predicted octanol–water partition coefficient (Wildman–Crippen LogP) is 0.286. The maximum Gasteiger partial charge on any atom is 0.237 e. The Kier molecular flexibility index (Phi) is 4.50. The van der Waals surface area contributed by atoms with E-state index < -0.39 is 21.2 Å². The molecule has 1 unspecified atom stereocenters. The molecule has 0 aromatic heterocycles. The molecule has 0 aliphatic carbocycles. The number of nitrogens with two attached hydrogens (primary N) is 1. The highest BCUT2D eigenvalue weighted by Crippen LogP contribution is 2.13. The highest BCUT2D eigenvalue weighted by molar-refractivity contribution is 7.90. The molecule has 0 radical (unpaired) electrons. The lowest BCUT2D eigenvalue weighted by Crippen LogP contribution is -2.43. The second-order valence-electron chi connectivity index (χ2n) is 3.47. The number of carbonyl (C=O) groups excluding carboxylic acids is 1. The normalized spacial score (nSPS) is 13.3. The molecule has 1 aromatic rings. The Bertz CT molecular complexity index is 499. The van der Waals surface area contributed by atoms with Crippen LogP contribution in [0.25, 0.3) is 0 Å². The molecular weight excluding hydrogens is 264 g/mol. The molecule has 94 valence electrons. The highest BCUT2D eigenvalue weighted by Gasteiger charge is 2.29. The Morgan fingerprint density at radius 3 is 2.35 bits per heavy atom. The average Bonchev–Trinajstić information content (AvgIpc) is 2.27. The second kappa shape index (κ2) is 5.48. The fraction of sp³-hybridized carbons (Fsp3) is 0.300. The minimum Gasteiger partial charge on any atom is -0.368 e. The lowest BCUT2D eigenvalue weighted by atomic mass is 10.1. The van der Waals surface area contributed by atoms with Crippen molar-refractivity contribution in [2.24, 2.45) is 5.73 Å². The van der Waals surface area contributed by atoms with Gasteiger partial charge in [-0.05, 0) is 31.2 Å². The van der Waals surface area contributed by atoms with Gasteiger partial charge in [-0.1, -0.05) is 23.7 Å². The van der Waals surface area contributed by atoms with E-state index in [1.807, 2.05) is 0 Å². The smallest absolute Gasteiger partial charge is 0.237 e. The van der Waals surface area contributed by atoms with Crippen LogP contribution in [-0.2, 0) is 21.2 Å². The average molecular weight is 277 g/mol. The minimum absolute atomic E-state index is 0.0235. The van der Waals surface area contributed by atoms with E-state index in [2.05, 4.69) is 4.72 Å². The highest BCUT2D eigenvalue weighted by atomic mass is 35.5. The van der Waals surface area contributed by atoms with E-state index in [-0.39, 0.29) is 6.42 Å². The molecule has 1 amide bonds. The number of amides is 1. The van der Waals surface area contributed by atoms with Gasteiger partial charge in [0.15, 0.2) is 5.25 Å². The molecule has 0 saturated carbocycles. The molecule has 1 aromatic carbocycles. The van der Waals surface area contributed by atoms with Crippen LogP contribution in [0.5, 0.6) is 0 Å². The van der Waals surface area contributed by atoms with Gasteiger partial charge in [0, 0.05) is 5.02 Å². The summed E-state index contributed by atoms with van der Waals surface area (Å²) >= 11 is 5.71. The van der Waals surface area contributed by atoms with Crippen molar-refractivity contribution in [3.63, 3.8) is 0 Å². The minimum atomic E-state index is -3.73. The zero-order valence-corrected chi connectivity index (χ0v) is 10.8. The van der Waals surface area contributed by atoms with E-state index in [9.17, 15) is 13.2 Å². The molecule has 0 spiro atoms. The summed E-state index contributed by atoms with van der Waals surface area (Å²) in [5.41, 5.74) is 5.77. The monoisotopic (exact) mass is 276 g/mol. The van der Waals surface area contributed by atoms with Gasteiger partial charge in [0.1, 0.15) is 0 Å². The zero-order chi connectivity index (χ0) is 13.1. The molecule has 5 nitrogen and oxygen atoms in total. The van der Waals surface area contributed by atoms with E-state index >= 15 is 0 Å². The van der Waals surface area contributed by atoms with Gasteiger partial charge < -0.3 is 5.73 Å². The van der Waals surface area contributed by atoms with Crippen molar-refractivity contribution in [2.45, 2.75) is 11.7 Å². The van der Waals surface area contributed by atoms with Crippen LogP contribution in [0.2, 0.25) is 5.02 Å². The number of nitrogens with one attached hydrogen (secondary N) is 1. The van der Waals surface area contributed by atoms with Crippen LogP contribution in [0.4, 0.5) is 0 Å². The molecule has 7 heteroatoms. The number of hydrogen-bond donors (Lipinski definition) is 2. The van der Waals surface area contributed by atoms with Crippen molar-refractivity contribution < 1.29 is 13.2 Å². The molecule has 0 bridgehead atoms. The van der Waals surface area contributed by atoms with E-state index in [0.717, 1.165) is 0 Å². The van der Waals surface area contributed by atoms with Crippen LogP contribution < -0.4 is 10.5 Å². The molecule has 3 N–H and O–H groups in total. The van der Waals surface area contributed by atoms with Crippen molar-refractivity contribution in [3.05, 3.63) is 34.9 Å². The van der Waals surface area contributed by atoms with Crippen molar-refractivity contribution in [3.8, 4) is 0 Å². The quantitative estimate of drug-likeness (QED) is 0.810. The molecular formula is C10H13ClN2O3S. The molecule has 0 aliphatic heterocycles. The van der Waals surface area contributed by atoms with Gasteiger partial charge in [-0.15, -0.1) is 0 Å². The molecule has 1 atom stereocenters. The maximum atomic E-state index is 11.6. The van der Waals surface area contributed by atoms with Crippen molar-refractivity contribution >= 4 is 27.5 Å². The first kappa shape index (κ1) is 14.0. The largest absolute Gasteiger partial charge is 0.368 e. The standard InChI is InChI=1S/C10H13ClN2O3S/c1-13-17(15,16)9(10(12)14)6-7-2-4-8(11)5-3-7/h2-5,9,13H,6H2,1H3,(H2,12,14). The van der Waals surface area contributed by atoms with Crippen LogP contribution >= 0.6 is 11.6 Å². The number of benzene rings is 1. The first-order valence-corrected chi connectivity index (χ1v) is 6.75. The van der Waals surface area contributed by atoms with Gasteiger partial charge in [-0.25, -0.2) is 13.1 Å². The fourth-order valence-electron chi connectivity index (χ4n) is 1.34. The maximum absolute atomic E-state index is 11.6. The fourth-order valence-corrected chi connectivity index (χ4v) is 2.47. The van der Waals surface area contributed by atoms with Crippen LogP contribution in [0.15, 0.2) is 24.3 Å². The molecule has 1 rings (SSSR count). The number of primary amides is 1. The first-order valence-electron chi connectivity index (χ1n) is 4.83. The lowest BCUT2D eigenvalue weighted by Gasteiger charge is -2.13. The zero-order valence-electron chi connectivity index (χ0n) is 9.18. The lowest BCUT2D eigenvalue weighted by molar-refractivity contribution is -0.117. The Hall–Kier alpha value is -1.11. The van der Waals surface area contributed by atoms with E-state index in [1.54, 1.807) is 24.3 Å². The van der Waals surface area contributed by atoms with E-state index in [4.69, 9.17) is 17.3 Å². The Morgan fingerprint density at radius 1 is 1.41 bits per heavy atom. The molecule has 0 fully saturated rings. The van der Waals surface area contributed by atoms with Crippen LogP contribution in [0.3, 0.4) is 0 Å². The summed E-state index contributed by atoms with van der Waals surface area (Å²) in [5.74, 6) is -0.880. The summed E-state index contributed by atoms with van der Waals surface area (Å²) in [6, 6.07) is 6.56. The summed E-state index contributed by atoms with van der Waals surface area (Å²) in [6.07, 6.45) is 0.0235. The van der Waals surface area contributed by atoms with Crippen LogP contribution in [-0.4, -0.2) is 26.6 Å². The first-order chi connectivity index (χ1) is 7.86. The second-order valence-corrected chi connectivity index (χ2v) is 5.97. The van der Waals surface area contributed by atoms with E-state index in [0.29, 0.717) is 10.6 Å². The summed E-state index contributed by atoms with van der Waals surface area (Å²) in [6.45, 7) is 0. The molecule has 0 aliphatic rings. The third kappa shape index (κ3) is 3.69. The van der Waals surface area contributed by atoms with Gasteiger partial charge in [0.2, 0.25) is 15.9 Å². The van der Waals surface area contributed by atoms with Crippen molar-refractivity contribution in [1.29, 1.82) is 0 Å². The third-order valence-corrected chi connectivity index (χ3v) is 4.28. The Balaban J connectivity index is 2.96. The summed E-state index contributed by atoms with van der Waals surface area (Å²) in [7, 11) is -2.48.